The van der Waals surface area contributed by atoms with E-state index in [-0.39, 0.29) is 5.09 Å². The minimum atomic E-state index is -3.51. The fourth-order valence-corrected chi connectivity index (χ4v) is 2.63. The van der Waals surface area contributed by atoms with Crippen LogP contribution in [0.4, 0.5) is 5.69 Å². The molecule has 0 fully saturated rings. The van der Waals surface area contributed by atoms with Crippen LogP contribution in [0.15, 0.2) is 45.9 Å². The topological polar surface area (TPSA) is 62.6 Å². The monoisotopic (exact) mass is 308 g/mol. The summed E-state index contributed by atoms with van der Waals surface area (Å²) in [4.78, 5) is 0. The summed E-state index contributed by atoms with van der Waals surface area (Å²) in [6.45, 7) is 2.55. The van der Waals surface area contributed by atoms with Crippen molar-refractivity contribution in [2.75, 3.05) is 19.4 Å². The fourth-order valence-electron chi connectivity index (χ4n) is 1.82. The molecule has 0 amide bonds. The van der Waals surface area contributed by atoms with Crippen LogP contribution in [0.25, 0.3) is 0 Å². The van der Waals surface area contributed by atoms with Gasteiger partial charge in [-0.3, -0.25) is 0 Å². The van der Waals surface area contributed by atoms with Crippen LogP contribution >= 0.6 is 0 Å². The molecule has 114 valence electrons. The molecule has 1 aromatic heterocycles. The van der Waals surface area contributed by atoms with Crippen molar-refractivity contribution < 1.29 is 12.8 Å². The first kappa shape index (κ1) is 15.6. The van der Waals surface area contributed by atoms with Gasteiger partial charge < -0.3 is 9.73 Å². The first-order valence-corrected chi connectivity index (χ1v) is 8.21. The van der Waals surface area contributed by atoms with Gasteiger partial charge in [-0.15, -0.1) is 0 Å². The molecule has 0 aliphatic rings. The van der Waals surface area contributed by atoms with Crippen LogP contribution < -0.4 is 5.32 Å². The summed E-state index contributed by atoms with van der Waals surface area (Å²) in [5.74, 6) is 0.579. The third-order valence-electron chi connectivity index (χ3n) is 3.20. The van der Waals surface area contributed by atoms with Gasteiger partial charge in [0.25, 0.3) is 10.0 Å². The van der Waals surface area contributed by atoms with E-state index in [4.69, 9.17) is 4.42 Å². The Hall–Kier alpha value is -1.79. The Balaban J connectivity index is 2.03. The Morgan fingerprint density at radius 1 is 1.10 bits per heavy atom. The van der Waals surface area contributed by atoms with Crippen molar-refractivity contribution in [3.8, 4) is 0 Å². The van der Waals surface area contributed by atoms with Gasteiger partial charge in [0.15, 0.2) is 0 Å². The molecule has 0 atom stereocenters. The minimum Gasteiger partial charge on any atom is -0.446 e. The van der Waals surface area contributed by atoms with Gasteiger partial charge in [-0.2, -0.15) is 0 Å². The Bertz CT molecular complexity index is 688. The Labute approximate surface area is 125 Å². The minimum absolute atomic E-state index is 0.0365. The van der Waals surface area contributed by atoms with Crippen LogP contribution in [-0.2, 0) is 23.0 Å². The van der Waals surface area contributed by atoms with E-state index in [1.165, 1.54) is 25.7 Å². The Morgan fingerprint density at radius 3 is 2.33 bits per heavy atom. The van der Waals surface area contributed by atoms with Gasteiger partial charge in [-0.05, 0) is 36.2 Å². The molecule has 0 bridgehead atoms. The second kappa shape index (κ2) is 6.32. The zero-order chi connectivity index (χ0) is 15.5. The lowest BCUT2D eigenvalue weighted by Crippen LogP contribution is -2.21. The number of hydrogen-bond donors (Lipinski definition) is 1. The number of anilines is 1. The van der Waals surface area contributed by atoms with Crippen molar-refractivity contribution in [1.82, 2.24) is 4.31 Å². The quantitative estimate of drug-likeness (QED) is 0.891. The zero-order valence-electron chi connectivity index (χ0n) is 12.5. The second-order valence-electron chi connectivity index (χ2n) is 4.91. The number of benzene rings is 1. The van der Waals surface area contributed by atoms with Crippen LogP contribution in [0.3, 0.4) is 0 Å². The summed E-state index contributed by atoms with van der Waals surface area (Å²) < 4.78 is 30.3. The zero-order valence-corrected chi connectivity index (χ0v) is 13.3. The van der Waals surface area contributed by atoms with Crippen LogP contribution in [0, 0.1) is 0 Å². The van der Waals surface area contributed by atoms with Crippen molar-refractivity contribution in [3.63, 3.8) is 0 Å². The number of aryl methyl sites for hydroxylation is 1. The fraction of sp³-hybridized carbons (Fsp3) is 0.333. The van der Waals surface area contributed by atoms with E-state index >= 15 is 0 Å². The van der Waals surface area contributed by atoms with E-state index in [0.29, 0.717) is 12.3 Å². The summed E-state index contributed by atoms with van der Waals surface area (Å²) in [6.07, 6.45) is 1.00. The number of nitrogens with zero attached hydrogens (tertiary/aromatic N) is 1. The highest BCUT2D eigenvalue weighted by Crippen LogP contribution is 2.18. The predicted molar refractivity (Wildman–Crippen MR) is 82.7 cm³/mol. The maximum atomic E-state index is 11.9. The van der Waals surface area contributed by atoms with Crippen LogP contribution in [0.5, 0.6) is 0 Å². The average molecular weight is 308 g/mol. The number of furan rings is 1. The number of sulfonamides is 1. The lowest BCUT2D eigenvalue weighted by molar-refractivity contribution is 0.402. The number of hydrogen-bond acceptors (Lipinski definition) is 4. The molecule has 2 rings (SSSR count). The average Bonchev–Trinajstić information content (AvgIpc) is 2.95. The van der Waals surface area contributed by atoms with Crippen molar-refractivity contribution >= 4 is 15.7 Å². The predicted octanol–water partition coefficient (Wildman–Crippen LogP) is 2.70. The molecule has 0 radical (unpaired) electrons. The van der Waals surface area contributed by atoms with E-state index in [1.807, 2.05) is 12.1 Å². The van der Waals surface area contributed by atoms with Gasteiger partial charge in [0.2, 0.25) is 5.09 Å². The van der Waals surface area contributed by atoms with Gasteiger partial charge in [0, 0.05) is 19.8 Å². The molecular formula is C15H20N2O3S. The second-order valence-corrected chi connectivity index (χ2v) is 7.00. The van der Waals surface area contributed by atoms with Gasteiger partial charge in [0.1, 0.15) is 5.76 Å². The molecule has 1 N–H and O–H groups in total. The molecule has 0 aliphatic heterocycles. The van der Waals surface area contributed by atoms with Crippen molar-refractivity contribution in [2.24, 2.45) is 0 Å². The Morgan fingerprint density at radius 2 is 1.76 bits per heavy atom. The summed E-state index contributed by atoms with van der Waals surface area (Å²) in [5.41, 5.74) is 2.25. The molecule has 5 nitrogen and oxygen atoms in total. The summed E-state index contributed by atoms with van der Waals surface area (Å²) in [7, 11) is -0.555. The maximum Gasteiger partial charge on any atom is 0.275 e. The third kappa shape index (κ3) is 3.65. The number of rotatable bonds is 6. The largest absolute Gasteiger partial charge is 0.446 e. The SMILES string of the molecule is CCc1ccc(NCc2ccc(S(=O)(=O)N(C)C)o2)cc1. The van der Waals surface area contributed by atoms with E-state index in [0.717, 1.165) is 16.4 Å². The highest BCUT2D eigenvalue weighted by atomic mass is 32.2. The summed E-state index contributed by atoms with van der Waals surface area (Å²) >= 11 is 0. The smallest absolute Gasteiger partial charge is 0.275 e. The highest BCUT2D eigenvalue weighted by Gasteiger charge is 2.21. The molecule has 21 heavy (non-hydrogen) atoms. The highest BCUT2D eigenvalue weighted by molar-refractivity contribution is 7.88. The van der Waals surface area contributed by atoms with Crippen molar-refractivity contribution in [2.45, 2.75) is 25.0 Å². The molecule has 0 saturated carbocycles. The van der Waals surface area contributed by atoms with E-state index in [1.54, 1.807) is 6.07 Å². The van der Waals surface area contributed by atoms with Gasteiger partial charge in [-0.25, -0.2) is 12.7 Å². The Kier molecular flexibility index (Phi) is 4.69. The van der Waals surface area contributed by atoms with Gasteiger partial charge in [-0.1, -0.05) is 19.1 Å². The van der Waals surface area contributed by atoms with E-state index in [9.17, 15) is 8.42 Å². The van der Waals surface area contributed by atoms with Crippen molar-refractivity contribution in [3.05, 3.63) is 47.7 Å². The molecule has 2 aromatic rings. The van der Waals surface area contributed by atoms with Crippen molar-refractivity contribution in [1.29, 1.82) is 0 Å². The molecular weight excluding hydrogens is 288 g/mol. The van der Waals surface area contributed by atoms with Gasteiger partial charge >= 0.3 is 0 Å². The van der Waals surface area contributed by atoms with E-state index < -0.39 is 10.0 Å². The normalized spacial score (nSPS) is 11.8. The van der Waals surface area contributed by atoms with Crippen LogP contribution in [-0.4, -0.2) is 26.8 Å². The molecule has 1 heterocycles. The standard InChI is InChI=1S/C15H20N2O3S/c1-4-12-5-7-13(8-6-12)16-11-14-9-10-15(20-14)21(18,19)17(2)3/h5-10,16H,4,11H2,1-3H3. The molecule has 0 aliphatic carbocycles. The summed E-state index contributed by atoms with van der Waals surface area (Å²) in [5, 5.41) is 3.17. The maximum absolute atomic E-state index is 11.9. The van der Waals surface area contributed by atoms with Crippen LogP contribution in [0.1, 0.15) is 18.2 Å². The lowest BCUT2D eigenvalue weighted by atomic mass is 10.1. The first-order chi connectivity index (χ1) is 9.93. The van der Waals surface area contributed by atoms with Crippen LogP contribution in [0.2, 0.25) is 0 Å². The first-order valence-electron chi connectivity index (χ1n) is 6.77. The molecule has 0 unspecified atom stereocenters. The molecule has 0 saturated heterocycles. The van der Waals surface area contributed by atoms with E-state index in [2.05, 4.69) is 24.4 Å². The summed E-state index contributed by atoms with van der Waals surface area (Å²) in [6, 6.07) is 11.3. The van der Waals surface area contributed by atoms with Gasteiger partial charge in [0.05, 0.1) is 6.54 Å². The molecule has 1 aromatic carbocycles. The molecule has 0 spiro atoms. The third-order valence-corrected chi connectivity index (χ3v) is 4.89. The number of nitrogens with one attached hydrogen (secondary N) is 1. The lowest BCUT2D eigenvalue weighted by Gasteiger charge is -2.08. The molecule has 6 heteroatoms.